The Hall–Kier alpha value is -0.683. The first-order chi connectivity index (χ1) is 10.8. The molecule has 4 heteroatoms. The molecule has 1 saturated carbocycles. The molecule has 0 aromatic heterocycles. The summed E-state index contributed by atoms with van der Waals surface area (Å²) in [5.74, 6) is 0.826. The average Bonchev–Trinajstić information content (AvgIpc) is 3.32. The molecule has 0 N–H and O–H groups in total. The van der Waals surface area contributed by atoms with E-state index in [0.717, 1.165) is 12.3 Å². The zero-order valence-electron chi connectivity index (χ0n) is 13.7. The molecule has 1 aliphatic carbocycles. The molecule has 1 aromatic carbocycles. The summed E-state index contributed by atoms with van der Waals surface area (Å²) in [7, 11) is -1.33. The molecule has 3 nitrogen and oxygen atoms in total. The Kier molecular flexibility index (Phi) is 5.69. The van der Waals surface area contributed by atoms with Crippen molar-refractivity contribution in [3.8, 4) is 0 Å². The fourth-order valence-electron chi connectivity index (χ4n) is 3.51. The summed E-state index contributed by atoms with van der Waals surface area (Å²) in [6.07, 6.45) is 7.45. The van der Waals surface area contributed by atoms with Crippen molar-refractivity contribution in [2.75, 3.05) is 13.2 Å². The summed E-state index contributed by atoms with van der Waals surface area (Å²) in [6, 6.07) is 8.68. The summed E-state index contributed by atoms with van der Waals surface area (Å²) in [5, 5.41) is 1.30. The molecule has 2 fully saturated rings. The van der Waals surface area contributed by atoms with Crippen LogP contribution in [0.25, 0.3) is 0 Å². The number of epoxide rings is 1. The summed E-state index contributed by atoms with van der Waals surface area (Å²) >= 11 is 0. The zero-order chi connectivity index (χ0) is 15.4. The summed E-state index contributed by atoms with van der Waals surface area (Å²) in [6.45, 7) is 5.51. The molecule has 3 unspecified atom stereocenters. The number of rotatable bonds is 8. The average molecular weight is 319 g/mol. The van der Waals surface area contributed by atoms with Crippen LogP contribution < -0.4 is 5.19 Å². The lowest BCUT2D eigenvalue weighted by molar-refractivity contribution is 0.225. The summed E-state index contributed by atoms with van der Waals surface area (Å²) < 4.78 is 17.4. The number of fused-ring (bicyclic) bond motifs is 1. The van der Waals surface area contributed by atoms with E-state index in [1.165, 1.54) is 36.4 Å². The van der Waals surface area contributed by atoms with E-state index >= 15 is 0 Å². The molecule has 1 saturated heterocycles. The molecule has 3 rings (SSSR count). The van der Waals surface area contributed by atoms with E-state index in [2.05, 4.69) is 24.3 Å². The maximum Gasteiger partial charge on any atom is 0.423 e. The Morgan fingerprint density at radius 2 is 1.86 bits per heavy atom. The van der Waals surface area contributed by atoms with Crippen LogP contribution in [0.1, 0.15) is 45.1 Å². The molecule has 3 atom stereocenters. The standard InChI is InChI=1S/C18H27O3Si/c1-3-19-22(20-4-2)18-8-6-5-7-15(18)11-9-14-10-12-16-17(13-14)21-16/h5-8,14,16-17H,3-4,9-13H2,1-2H3. The van der Waals surface area contributed by atoms with Crippen molar-refractivity contribution >= 4 is 14.5 Å². The topological polar surface area (TPSA) is 31.0 Å². The highest BCUT2D eigenvalue weighted by Crippen LogP contribution is 2.40. The van der Waals surface area contributed by atoms with E-state index in [1.807, 2.05) is 13.8 Å². The van der Waals surface area contributed by atoms with Gasteiger partial charge in [0, 0.05) is 13.2 Å². The largest absolute Gasteiger partial charge is 0.423 e. The first kappa shape index (κ1) is 16.2. The molecule has 1 aliphatic heterocycles. The molecule has 1 heterocycles. The maximum absolute atomic E-state index is 5.88. The van der Waals surface area contributed by atoms with Crippen molar-refractivity contribution in [1.29, 1.82) is 0 Å². The van der Waals surface area contributed by atoms with E-state index < -0.39 is 9.28 Å². The second-order valence-electron chi connectivity index (χ2n) is 6.24. The van der Waals surface area contributed by atoms with Crippen LogP contribution in [-0.2, 0) is 20.0 Å². The van der Waals surface area contributed by atoms with Gasteiger partial charge in [0.05, 0.1) is 12.2 Å². The fraction of sp³-hybridized carbons (Fsp3) is 0.667. The highest BCUT2D eigenvalue weighted by molar-refractivity contribution is 6.61. The van der Waals surface area contributed by atoms with Crippen LogP contribution >= 0.6 is 0 Å². The number of benzene rings is 1. The van der Waals surface area contributed by atoms with Crippen molar-refractivity contribution in [3.05, 3.63) is 29.8 Å². The third kappa shape index (κ3) is 3.99. The monoisotopic (exact) mass is 319 g/mol. The molecular formula is C18H27O3Si. The lowest BCUT2D eigenvalue weighted by Gasteiger charge is -2.21. The molecule has 22 heavy (non-hydrogen) atoms. The Morgan fingerprint density at radius 1 is 1.09 bits per heavy atom. The highest BCUT2D eigenvalue weighted by Gasteiger charge is 2.43. The lowest BCUT2D eigenvalue weighted by atomic mass is 9.85. The first-order valence-electron chi connectivity index (χ1n) is 8.68. The fourth-order valence-corrected chi connectivity index (χ4v) is 5.13. The predicted molar refractivity (Wildman–Crippen MR) is 89.4 cm³/mol. The normalized spacial score (nSPS) is 27.0. The molecule has 0 bridgehead atoms. The third-order valence-electron chi connectivity index (χ3n) is 4.72. The highest BCUT2D eigenvalue weighted by atomic mass is 28.3. The van der Waals surface area contributed by atoms with Gasteiger partial charge in [0.2, 0.25) is 0 Å². The second-order valence-corrected chi connectivity index (χ2v) is 7.93. The Labute approximate surface area is 135 Å². The van der Waals surface area contributed by atoms with Gasteiger partial charge < -0.3 is 13.6 Å². The molecule has 2 aliphatic rings. The minimum absolute atomic E-state index is 0.584. The lowest BCUT2D eigenvalue weighted by Crippen LogP contribution is -2.39. The number of hydrogen-bond donors (Lipinski definition) is 0. The van der Waals surface area contributed by atoms with Crippen LogP contribution in [0.15, 0.2) is 24.3 Å². The predicted octanol–water partition coefficient (Wildman–Crippen LogP) is 2.95. The SMILES string of the molecule is CCO[Si](OCC)c1ccccc1CCC1CCC2OC2C1. The number of hydrogen-bond acceptors (Lipinski definition) is 3. The van der Waals surface area contributed by atoms with Crippen molar-refractivity contribution in [2.45, 2.75) is 58.2 Å². The molecule has 1 radical (unpaired) electrons. The van der Waals surface area contributed by atoms with Gasteiger partial charge >= 0.3 is 9.28 Å². The van der Waals surface area contributed by atoms with E-state index in [4.69, 9.17) is 13.6 Å². The van der Waals surface area contributed by atoms with Crippen LogP contribution in [0.5, 0.6) is 0 Å². The van der Waals surface area contributed by atoms with Gasteiger partial charge in [-0.3, -0.25) is 0 Å². The molecule has 1 aromatic rings. The van der Waals surface area contributed by atoms with E-state index in [9.17, 15) is 0 Å². The van der Waals surface area contributed by atoms with E-state index in [0.29, 0.717) is 25.4 Å². The molecule has 121 valence electrons. The minimum Gasteiger partial charge on any atom is -0.390 e. The summed E-state index contributed by atoms with van der Waals surface area (Å²) in [4.78, 5) is 0. The summed E-state index contributed by atoms with van der Waals surface area (Å²) in [5.41, 5.74) is 1.41. The van der Waals surface area contributed by atoms with Gasteiger partial charge in [-0.15, -0.1) is 0 Å². The Morgan fingerprint density at radius 3 is 2.59 bits per heavy atom. The van der Waals surface area contributed by atoms with Gasteiger partial charge in [-0.1, -0.05) is 24.3 Å². The van der Waals surface area contributed by atoms with Crippen LogP contribution in [0, 0.1) is 5.92 Å². The van der Waals surface area contributed by atoms with Gasteiger partial charge in [-0.05, 0) is 62.6 Å². The smallest absolute Gasteiger partial charge is 0.390 e. The van der Waals surface area contributed by atoms with Crippen LogP contribution in [0.2, 0.25) is 0 Å². The van der Waals surface area contributed by atoms with E-state index in [1.54, 1.807) is 0 Å². The maximum atomic E-state index is 5.88. The number of ether oxygens (including phenoxy) is 1. The number of aryl methyl sites for hydroxylation is 1. The van der Waals surface area contributed by atoms with Gasteiger partial charge in [0.15, 0.2) is 0 Å². The van der Waals surface area contributed by atoms with Crippen molar-refractivity contribution < 1.29 is 13.6 Å². The van der Waals surface area contributed by atoms with Crippen LogP contribution in [0.4, 0.5) is 0 Å². The minimum atomic E-state index is -1.33. The van der Waals surface area contributed by atoms with Crippen LogP contribution in [0.3, 0.4) is 0 Å². The van der Waals surface area contributed by atoms with E-state index in [-0.39, 0.29) is 0 Å². The Bertz CT molecular complexity index is 473. The third-order valence-corrected chi connectivity index (χ3v) is 6.75. The quantitative estimate of drug-likeness (QED) is 0.545. The molecule has 0 spiro atoms. The van der Waals surface area contributed by atoms with Crippen molar-refractivity contribution in [2.24, 2.45) is 5.92 Å². The van der Waals surface area contributed by atoms with Crippen molar-refractivity contribution in [3.63, 3.8) is 0 Å². The van der Waals surface area contributed by atoms with Crippen LogP contribution in [-0.4, -0.2) is 34.7 Å². The first-order valence-corrected chi connectivity index (χ1v) is 9.99. The van der Waals surface area contributed by atoms with Crippen molar-refractivity contribution in [1.82, 2.24) is 0 Å². The Balaban J connectivity index is 1.62. The van der Waals surface area contributed by atoms with Gasteiger partial charge in [-0.25, -0.2) is 0 Å². The van der Waals surface area contributed by atoms with Gasteiger partial charge in [-0.2, -0.15) is 0 Å². The van der Waals surface area contributed by atoms with Gasteiger partial charge in [0.25, 0.3) is 0 Å². The van der Waals surface area contributed by atoms with Gasteiger partial charge in [0.1, 0.15) is 0 Å². The zero-order valence-corrected chi connectivity index (χ0v) is 14.7. The second kappa shape index (κ2) is 7.73. The molecule has 0 amide bonds. The molecular weight excluding hydrogens is 292 g/mol.